The van der Waals surface area contributed by atoms with Gasteiger partial charge in [-0.25, -0.2) is 0 Å². The van der Waals surface area contributed by atoms with Crippen molar-refractivity contribution in [2.75, 3.05) is 0 Å². The SMILES string of the molecule is CCCCCCCCCCCCCCC(SC(CCCCCCCCCCCCCC)C(=O)O)C(=O)O. The van der Waals surface area contributed by atoms with Crippen LogP contribution >= 0.6 is 11.8 Å². The molecule has 0 rings (SSSR count). The Bertz CT molecular complexity index is 467. The summed E-state index contributed by atoms with van der Waals surface area (Å²) in [6.45, 7) is 4.50. The van der Waals surface area contributed by atoms with E-state index >= 15 is 0 Å². The summed E-state index contributed by atoms with van der Waals surface area (Å²) in [6.07, 6.45) is 31.3. The van der Waals surface area contributed by atoms with E-state index in [0.29, 0.717) is 12.8 Å². The minimum absolute atomic E-state index is 0.583. The van der Waals surface area contributed by atoms with Gasteiger partial charge < -0.3 is 10.2 Å². The van der Waals surface area contributed by atoms with Crippen molar-refractivity contribution in [3.63, 3.8) is 0 Å². The Morgan fingerprint density at radius 2 is 0.649 bits per heavy atom. The maximum atomic E-state index is 11.8. The van der Waals surface area contributed by atoms with Gasteiger partial charge in [0.25, 0.3) is 0 Å². The van der Waals surface area contributed by atoms with Crippen molar-refractivity contribution in [1.29, 1.82) is 0 Å². The summed E-state index contributed by atoms with van der Waals surface area (Å²) in [4.78, 5) is 23.5. The van der Waals surface area contributed by atoms with Crippen molar-refractivity contribution in [2.45, 2.75) is 191 Å². The van der Waals surface area contributed by atoms with Crippen LogP contribution in [0.15, 0.2) is 0 Å². The summed E-state index contributed by atoms with van der Waals surface area (Å²) in [7, 11) is 0. The van der Waals surface area contributed by atoms with E-state index in [1.165, 1.54) is 127 Å². The molecule has 37 heavy (non-hydrogen) atoms. The number of rotatable bonds is 30. The quantitative estimate of drug-likeness (QED) is 0.0883. The maximum absolute atomic E-state index is 11.8. The average Bonchev–Trinajstić information content (AvgIpc) is 2.87. The zero-order valence-corrected chi connectivity index (χ0v) is 25.5. The van der Waals surface area contributed by atoms with E-state index in [9.17, 15) is 19.8 Å². The molecular weight excluding hydrogens is 480 g/mol. The van der Waals surface area contributed by atoms with Crippen molar-refractivity contribution >= 4 is 23.7 Å². The molecule has 0 bridgehead atoms. The van der Waals surface area contributed by atoms with Gasteiger partial charge in [0, 0.05) is 0 Å². The van der Waals surface area contributed by atoms with Gasteiger partial charge in [0.05, 0.1) is 0 Å². The summed E-state index contributed by atoms with van der Waals surface area (Å²) in [5, 5.41) is 18.1. The number of carboxylic acids is 2. The highest BCUT2D eigenvalue weighted by atomic mass is 32.2. The number of carboxylic acid groups (broad SMARTS) is 2. The molecule has 0 aliphatic carbocycles. The van der Waals surface area contributed by atoms with Crippen LogP contribution in [0.3, 0.4) is 0 Å². The summed E-state index contributed by atoms with van der Waals surface area (Å²) >= 11 is 1.17. The third kappa shape index (κ3) is 25.3. The van der Waals surface area contributed by atoms with Crippen LogP contribution in [-0.4, -0.2) is 32.7 Å². The lowest BCUT2D eigenvalue weighted by Crippen LogP contribution is -2.25. The molecule has 0 aliphatic heterocycles. The smallest absolute Gasteiger partial charge is 0.316 e. The zero-order chi connectivity index (χ0) is 27.4. The molecule has 5 heteroatoms. The Morgan fingerprint density at radius 1 is 0.432 bits per heavy atom. The number of unbranched alkanes of at least 4 members (excludes halogenated alkanes) is 22. The Labute approximate surface area is 234 Å². The third-order valence-corrected chi connectivity index (χ3v) is 9.05. The minimum Gasteiger partial charge on any atom is -0.480 e. The van der Waals surface area contributed by atoms with Gasteiger partial charge in [0.1, 0.15) is 10.5 Å². The van der Waals surface area contributed by atoms with Crippen LogP contribution in [0, 0.1) is 0 Å². The van der Waals surface area contributed by atoms with Crippen LogP contribution in [0.2, 0.25) is 0 Å². The molecule has 0 amide bonds. The first-order chi connectivity index (χ1) is 18.0. The highest BCUT2D eigenvalue weighted by Gasteiger charge is 2.27. The Balaban J connectivity index is 3.85. The lowest BCUT2D eigenvalue weighted by Gasteiger charge is -2.18. The van der Waals surface area contributed by atoms with Gasteiger partial charge in [-0.3, -0.25) is 9.59 Å². The fourth-order valence-corrected chi connectivity index (χ4v) is 6.27. The highest BCUT2D eigenvalue weighted by Crippen LogP contribution is 2.28. The first-order valence-electron chi connectivity index (χ1n) is 16.1. The van der Waals surface area contributed by atoms with Crippen LogP contribution in [0.4, 0.5) is 0 Å². The molecule has 0 radical (unpaired) electrons. The monoisotopic (exact) mass is 542 g/mol. The lowest BCUT2D eigenvalue weighted by atomic mass is 10.0. The molecule has 0 saturated carbocycles. The fourth-order valence-electron chi connectivity index (χ4n) is 5.04. The molecule has 0 saturated heterocycles. The standard InChI is InChI=1S/C32H62O4S/c1-3-5-7-9-11-13-15-17-19-21-23-25-27-29(31(33)34)37-30(32(35)36)28-26-24-22-20-18-16-14-12-10-8-6-4-2/h29-30H,3-28H2,1-2H3,(H,33,34)(H,35,36). The summed E-state index contributed by atoms with van der Waals surface area (Å²) in [5.41, 5.74) is 0. The van der Waals surface area contributed by atoms with E-state index in [2.05, 4.69) is 13.8 Å². The lowest BCUT2D eigenvalue weighted by molar-refractivity contribution is -0.136. The molecule has 0 aromatic carbocycles. The van der Waals surface area contributed by atoms with E-state index < -0.39 is 22.4 Å². The first kappa shape index (κ1) is 36.3. The Morgan fingerprint density at radius 3 is 0.865 bits per heavy atom. The zero-order valence-electron chi connectivity index (χ0n) is 24.7. The predicted octanol–water partition coefficient (Wildman–Crippen LogP) is 10.8. The molecule has 0 aliphatic rings. The van der Waals surface area contributed by atoms with Crippen molar-refractivity contribution in [3.05, 3.63) is 0 Å². The van der Waals surface area contributed by atoms with Gasteiger partial charge in [0.15, 0.2) is 0 Å². The van der Waals surface area contributed by atoms with Crippen molar-refractivity contribution in [1.82, 2.24) is 0 Å². The summed E-state index contributed by atoms with van der Waals surface area (Å²) in [5.74, 6) is -1.71. The molecule has 0 aromatic heterocycles. The van der Waals surface area contributed by atoms with E-state index in [4.69, 9.17) is 0 Å². The molecule has 0 spiro atoms. The Kier molecular flexibility index (Phi) is 27.8. The molecule has 2 N–H and O–H groups in total. The second-order valence-electron chi connectivity index (χ2n) is 11.1. The third-order valence-electron chi connectivity index (χ3n) is 7.52. The molecule has 2 atom stereocenters. The Hall–Kier alpha value is -0.710. The average molecular weight is 543 g/mol. The van der Waals surface area contributed by atoms with Crippen LogP contribution < -0.4 is 0 Å². The van der Waals surface area contributed by atoms with Crippen molar-refractivity contribution < 1.29 is 19.8 Å². The summed E-state index contributed by atoms with van der Waals surface area (Å²) < 4.78 is 0. The van der Waals surface area contributed by atoms with Crippen LogP contribution in [0.25, 0.3) is 0 Å². The normalized spacial score (nSPS) is 13.0. The van der Waals surface area contributed by atoms with Gasteiger partial charge in [0.2, 0.25) is 0 Å². The minimum atomic E-state index is -0.853. The van der Waals surface area contributed by atoms with Gasteiger partial charge in [-0.05, 0) is 12.8 Å². The fraction of sp³-hybridized carbons (Fsp3) is 0.938. The molecule has 2 unspecified atom stereocenters. The van der Waals surface area contributed by atoms with E-state index in [-0.39, 0.29) is 0 Å². The van der Waals surface area contributed by atoms with Gasteiger partial charge in [-0.1, -0.05) is 168 Å². The molecule has 0 fully saturated rings. The second-order valence-corrected chi connectivity index (χ2v) is 12.6. The first-order valence-corrected chi connectivity index (χ1v) is 17.1. The maximum Gasteiger partial charge on any atom is 0.316 e. The number of hydrogen-bond donors (Lipinski definition) is 2. The number of carbonyl (C=O) groups is 2. The van der Waals surface area contributed by atoms with Crippen LogP contribution in [0.1, 0.15) is 181 Å². The highest BCUT2D eigenvalue weighted by molar-refractivity contribution is 8.01. The van der Waals surface area contributed by atoms with Crippen molar-refractivity contribution in [2.24, 2.45) is 0 Å². The number of thioether (sulfide) groups is 1. The van der Waals surface area contributed by atoms with Crippen LogP contribution in [-0.2, 0) is 9.59 Å². The largest absolute Gasteiger partial charge is 0.480 e. The van der Waals surface area contributed by atoms with Gasteiger partial charge in [-0.15, -0.1) is 11.8 Å². The summed E-state index contributed by atoms with van der Waals surface area (Å²) in [6, 6.07) is 0. The van der Waals surface area contributed by atoms with E-state index in [1.54, 1.807) is 0 Å². The molecule has 0 heterocycles. The van der Waals surface area contributed by atoms with Gasteiger partial charge in [-0.2, -0.15) is 0 Å². The molecule has 0 aromatic rings. The van der Waals surface area contributed by atoms with Crippen molar-refractivity contribution in [3.8, 4) is 0 Å². The molecule has 220 valence electrons. The number of aliphatic carboxylic acids is 2. The van der Waals surface area contributed by atoms with E-state index in [0.717, 1.165) is 38.5 Å². The number of hydrogen-bond acceptors (Lipinski definition) is 3. The van der Waals surface area contributed by atoms with Gasteiger partial charge >= 0.3 is 11.9 Å². The second kappa shape index (κ2) is 28.3. The topological polar surface area (TPSA) is 74.6 Å². The molecular formula is C32H62O4S. The predicted molar refractivity (Wildman–Crippen MR) is 162 cm³/mol. The van der Waals surface area contributed by atoms with Crippen LogP contribution in [0.5, 0.6) is 0 Å². The van der Waals surface area contributed by atoms with E-state index in [1.807, 2.05) is 0 Å². The molecule has 4 nitrogen and oxygen atoms in total.